The number of hydrogen-bond donors (Lipinski definition) is 5. The van der Waals surface area contributed by atoms with Gasteiger partial charge in [-0.1, -0.05) is 54.4 Å². The molecule has 6 N–H and O–H groups in total. The van der Waals surface area contributed by atoms with Gasteiger partial charge in [0.25, 0.3) is 0 Å². The monoisotopic (exact) mass is 553 g/mol. The fourth-order valence-corrected chi connectivity index (χ4v) is 4.18. The third kappa shape index (κ3) is 13.3. The van der Waals surface area contributed by atoms with Gasteiger partial charge in [-0.25, -0.2) is 0 Å². The van der Waals surface area contributed by atoms with Crippen LogP contribution >= 0.6 is 0 Å². The van der Waals surface area contributed by atoms with E-state index in [1.54, 1.807) is 20.8 Å². The molecule has 1 aliphatic carbocycles. The largest absolute Gasteiger partial charge is 0.465 e. The highest BCUT2D eigenvalue weighted by atomic mass is 16.5. The molecule has 0 aromatic carbocycles. The Bertz CT molecular complexity index is 825. The standard InChI is InChI=1S/C28H51N5O6/c1-16(2)14-22(27(37)30-19(7)25(35)31-20-10-8-9-11-20)33-26(36)21(32-28(38)24(29)18(5)6)12-13-23(34)39-15-17(3)4/h16-22,24H,8-15,29H2,1-7H3,(H,30,37)(H,31,35)(H,32,38)(H,33,36). The second-order valence-corrected chi connectivity index (χ2v) is 11.9. The van der Waals surface area contributed by atoms with Gasteiger partial charge >= 0.3 is 5.97 Å². The van der Waals surface area contributed by atoms with Gasteiger partial charge in [0.15, 0.2) is 0 Å². The van der Waals surface area contributed by atoms with E-state index < -0.39 is 47.9 Å². The molecule has 1 rings (SSSR count). The number of nitrogens with two attached hydrogens (primary N) is 1. The SMILES string of the molecule is CC(C)COC(=O)CCC(NC(=O)C(N)C(C)C)C(=O)NC(CC(C)C)C(=O)NC(C)C(=O)NC1CCCC1. The van der Waals surface area contributed by atoms with E-state index in [-0.39, 0.29) is 49.2 Å². The maximum atomic E-state index is 13.3. The van der Waals surface area contributed by atoms with E-state index in [1.165, 1.54) is 0 Å². The minimum Gasteiger partial charge on any atom is -0.465 e. The van der Waals surface area contributed by atoms with E-state index in [4.69, 9.17) is 10.5 Å². The van der Waals surface area contributed by atoms with Crippen molar-refractivity contribution in [3.63, 3.8) is 0 Å². The molecule has 0 radical (unpaired) electrons. The molecule has 0 heterocycles. The number of amides is 4. The van der Waals surface area contributed by atoms with Gasteiger partial charge in [-0.15, -0.1) is 0 Å². The molecule has 0 aliphatic heterocycles. The molecule has 0 aromatic rings. The van der Waals surface area contributed by atoms with Crippen LogP contribution in [-0.4, -0.2) is 66.4 Å². The number of ether oxygens (including phenoxy) is 1. The van der Waals surface area contributed by atoms with Crippen LogP contribution in [-0.2, 0) is 28.7 Å². The lowest BCUT2D eigenvalue weighted by molar-refractivity contribution is -0.145. The quantitative estimate of drug-likeness (QED) is 0.181. The molecule has 1 aliphatic rings. The first-order valence-electron chi connectivity index (χ1n) is 14.3. The molecule has 11 heteroatoms. The normalized spacial score (nSPS) is 16.9. The highest BCUT2D eigenvalue weighted by molar-refractivity contribution is 5.95. The third-order valence-electron chi connectivity index (χ3n) is 6.66. The summed E-state index contributed by atoms with van der Waals surface area (Å²) in [5, 5.41) is 11.0. The number of esters is 1. The van der Waals surface area contributed by atoms with Gasteiger partial charge in [-0.2, -0.15) is 0 Å². The lowest BCUT2D eigenvalue weighted by atomic mass is 10.0. The first kappa shape index (κ1) is 34.3. The summed E-state index contributed by atoms with van der Waals surface area (Å²) in [6.07, 6.45) is 4.20. The Kier molecular flexibility index (Phi) is 15.1. The molecule has 1 fully saturated rings. The number of carbonyl (C=O) groups is 5. The van der Waals surface area contributed by atoms with Crippen LogP contribution in [0.3, 0.4) is 0 Å². The summed E-state index contributed by atoms with van der Waals surface area (Å²) in [5.41, 5.74) is 5.96. The summed E-state index contributed by atoms with van der Waals surface area (Å²) < 4.78 is 5.20. The van der Waals surface area contributed by atoms with Crippen molar-refractivity contribution in [2.75, 3.05) is 6.61 Å². The van der Waals surface area contributed by atoms with E-state index in [2.05, 4.69) is 21.3 Å². The smallest absolute Gasteiger partial charge is 0.305 e. The van der Waals surface area contributed by atoms with Gasteiger partial charge in [0.05, 0.1) is 12.6 Å². The first-order chi connectivity index (χ1) is 18.2. The highest BCUT2D eigenvalue weighted by Crippen LogP contribution is 2.17. The third-order valence-corrected chi connectivity index (χ3v) is 6.66. The fraction of sp³-hybridized carbons (Fsp3) is 0.821. The molecular weight excluding hydrogens is 502 g/mol. The zero-order valence-corrected chi connectivity index (χ0v) is 24.8. The molecule has 4 amide bonds. The summed E-state index contributed by atoms with van der Waals surface area (Å²) in [6, 6.07) is -3.54. The Morgan fingerprint density at radius 2 is 1.33 bits per heavy atom. The summed E-state index contributed by atoms with van der Waals surface area (Å²) in [4.78, 5) is 63.9. The van der Waals surface area contributed by atoms with Crippen molar-refractivity contribution in [3.05, 3.63) is 0 Å². The zero-order valence-electron chi connectivity index (χ0n) is 24.8. The summed E-state index contributed by atoms with van der Waals surface area (Å²) >= 11 is 0. The Morgan fingerprint density at radius 1 is 0.769 bits per heavy atom. The Morgan fingerprint density at radius 3 is 1.87 bits per heavy atom. The number of hydrogen-bond acceptors (Lipinski definition) is 7. The summed E-state index contributed by atoms with van der Waals surface area (Å²) in [7, 11) is 0. The van der Waals surface area contributed by atoms with Crippen LogP contribution < -0.4 is 27.0 Å². The molecule has 1 saturated carbocycles. The maximum Gasteiger partial charge on any atom is 0.305 e. The molecule has 11 nitrogen and oxygen atoms in total. The highest BCUT2D eigenvalue weighted by Gasteiger charge is 2.31. The van der Waals surface area contributed by atoms with Crippen LogP contribution in [0, 0.1) is 17.8 Å². The van der Waals surface area contributed by atoms with Crippen LogP contribution in [0.4, 0.5) is 0 Å². The summed E-state index contributed by atoms with van der Waals surface area (Å²) in [5.74, 6) is -2.33. The number of carbonyl (C=O) groups excluding carboxylic acids is 5. The molecule has 4 atom stereocenters. The molecule has 4 unspecified atom stereocenters. The topological polar surface area (TPSA) is 169 Å². The van der Waals surface area contributed by atoms with Gasteiger partial charge < -0.3 is 31.7 Å². The average molecular weight is 554 g/mol. The first-order valence-corrected chi connectivity index (χ1v) is 14.3. The van der Waals surface area contributed by atoms with E-state index in [1.807, 2.05) is 27.7 Å². The number of nitrogens with one attached hydrogen (secondary N) is 4. The molecule has 224 valence electrons. The van der Waals surface area contributed by atoms with Gasteiger partial charge in [0.1, 0.15) is 18.1 Å². The van der Waals surface area contributed by atoms with Crippen LogP contribution in [0.1, 0.15) is 93.4 Å². The lowest BCUT2D eigenvalue weighted by Crippen LogP contribution is -2.58. The van der Waals surface area contributed by atoms with Crippen molar-refractivity contribution >= 4 is 29.6 Å². The van der Waals surface area contributed by atoms with Gasteiger partial charge in [0.2, 0.25) is 23.6 Å². The predicted molar refractivity (Wildman–Crippen MR) is 149 cm³/mol. The molecule has 39 heavy (non-hydrogen) atoms. The van der Waals surface area contributed by atoms with E-state index in [0.29, 0.717) is 6.42 Å². The van der Waals surface area contributed by atoms with Crippen molar-refractivity contribution in [1.29, 1.82) is 0 Å². The lowest BCUT2D eigenvalue weighted by Gasteiger charge is -2.26. The second kappa shape index (κ2) is 17.1. The van der Waals surface area contributed by atoms with Crippen LogP contribution in [0.15, 0.2) is 0 Å². The zero-order chi connectivity index (χ0) is 29.7. The molecule has 0 aromatic heterocycles. The second-order valence-electron chi connectivity index (χ2n) is 11.9. The molecule has 0 spiro atoms. The molecule has 0 saturated heterocycles. The van der Waals surface area contributed by atoms with Crippen molar-refractivity contribution in [1.82, 2.24) is 21.3 Å². The fourth-order valence-electron chi connectivity index (χ4n) is 4.18. The van der Waals surface area contributed by atoms with Gasteiger partial charge in [-0.05, 0) is 50.4 Å². The Hall–Kier alpha value is -2.69. The number of rotatable bonds is 16. The maximum absolute atomic E-state index is 13.3. The molecular formula is C28H51N5O6. The molecule has 0 bridgehead atoms. The minimum absolute atomic E-state index is 0.0183. The minimum atomic E-state index is -1.10. The Labute approximate surface area is 233 Å². The average Bonchev–Trinajstić information content (AvgIpc) is 3.36. The van der Waals surface area contributed by atoms with Crippen molar-refractivity contribution in [2.24, 2.45) is 23.5 Å². The van der Waals surface area contributed by atoms with Gasteiger partial charge in [-0.3, -0.25) is 24.0 Å². The predicted octanol–water partition coefficient (Wildman–Crippen LogP) is 1.53. The van der Waals surface area contributed by atoms with Crippen LogP contribution in [0.2, 0.25) is 0 Å². The Balaban J connectivity index is 2.92. The van der Waals surface area contributed by atoms with Crippen LogP contribution in [0.5, 0.6) is 0 Å². The van der Waals surface area contributed by atoms with Gasteiger partial charge in [0, 0.05) is 12.5 Å². The van der Waals surface area contributed by atoms with Crippen molar-refractivity contribution in [3.8, 4) is 0 Å². The van der Waals surface area contributed by atoms with Crippen molar-refractivity contribution in [2.45, 2.75) is 124 Å². The van der Waals surface area contributed by atoms with Crippen molar-refractivity contribution < 1.29 is 28.7 Å². The van der Waals surface area contributed by atoms with Crippen LogP contribution in [0.25, 0.3) is 0 Å². The van der Waals surface area contributed by atoms with E-state index >= 15 is 0 Å². The van der Waals surface area contributed by atoms with E-state index in [0.717, 1.165) is 25.7 Å². The summed E-state index contributed by atoms with van der Waals surface area (Å²) in [6.45, 7) is 13.1. The van der Waals surface area contributed by atoms with E-state index in [9.17, 15) is 24.0 Å².